The van der Waals surface area contributed by atoms with E-state index in [1.54, 1.807) is 6.20 Å². The van der Waals surface area contributed by atoms with E-state index in [0.29, 0.717) is 5.56 Å². The molecule has 1 amide bonds. The van der Waals surface area contributed by atoms with Crippen LogP contribution in [0.25, 0.3) is 10.9 Å². The molecule has 1 saturated heterocycles. The Hall–Kier alpha value is -2.99. The number of aromatic nitrogens is 1. The molecule has 1 aromatic heterocycles. The smallest absolute Gasteiger partial charge is 0.250 e. The maximum absolute atomic E-state index is 11.6. The first-order chi connectivity index (χ1) is 13.4. The van der Waals surface area contributed by atoms with Crippen molar-refractivity contribution in [3.8, 4) is 0 Å². The molecule has 3 N–H and O–H groups in total. The van der Waals surface area contributed by atoms with E-state index < -0.39 is 5.91 Å². The molecule has 6 nitrogen and oxygen atoms in total. The Morgan fingerprint density at radius 3 is 2.36 bits per heavy atom. The summed E-state index contributed by atoms with van der Waals surface area (Å²) >= 11 is 0. The number of primary amides is 1. The van der Waals surface area contributed by atoms with E-state index in [1.807, 2.05) is 29.8 Å². The van der Waals surface area contributed by atoms with Crippen LogP contribution >= 0.6 is 0 Å². The van der Waals surface area contributed by atoms with Crippen molar-refractivity contribution in [1.82, 2.24) is 4.57 Å². The number of carbonyl (C=O) groups is 1. The van der Waals surface area contributed by atoms with E-state index in [-0.39, 0.29) is 12.2 Å². The van der Waals surface area contributed by atoms with Crippen LogP contribution in [0.2, 0.25) is 0 Å². The van der Waals surface area contributed by atoms with Gasteiger partial charge in [-0.15, -0.1) is 0 Å². The summed E-state index contributed by atoms with van der Waals surface area (Å²) in [5.74, 6) is -0.409. The Balaban J connectivity index is 1.53. The second-order valence-electron chi connectivity index (χ2n) is 7.58. The van der Waals surface area contributed by atoms with E-state index in [0.717, 1.165) is 35.4 Å². The summed E-state index contributed by atoms with van der Waals surface area (Å²) in [5.41, 5.74) is 10.2. The van der Waals surface area contributed by atoms with Crippen LogP contribution in [0.3, 0.4) is 0 Å². The molecule has 0 spiro atoms. The zero-order valence-corrected chi connectivity index (χ0v) is 16.5. The number of rotatable bonds is 4. The van der Waals surface area contributed by atoms with Crippen molar-refractivity contribution in [3.05, 3.63) is 54.2 Å². The minimum Gasteiger partial charge on any atom is -0.372 e. The fraction of sp³-hybridized carbons (Fsp3) is 0.318. The van der Waals surface area contributed by atoms with Crippen LogP contribution in [-0.2, 0) is 11.8 Å². The van der Waals surface area contributed by atoms with E-state index in [4.69, 9.17) is 10.5 Å². The van der Waals surface area contributed by atoms with Gasteiger partial charge in [0.1, 0.15) is 0 Å². The van der Waals surface area contributed by atoms with Gasteiger partial charge >= 0.3 is 0 Å². The van der Waals surface area contributed by atoms with Gasteiger partial charge in [-0.2, -0.15) is 0 Å². The van der Waals surface area contributed by atoms with Crippen molar-refractivity contribution < 1.29 is 9.53 Å². The van der Waals surface area contributed by atoms with Crippen molar-refractivity contribution in [2.24, 2.45) is 12.8 Å². The number of ether oxygens (including phenoxy) is 1. The number of anilines is 3. The molecule has 1 fully saturated rings. The van der Waals surface area contributed by atoms with Gasteiger partial charge in [0.15, 0.2) is 0 Å². The number of fused-ring (bicyclic) bond motifs is 1. The first-order valence-corrected chi connectivity index (χ1v) is 9.57. The molecular weight excluding hydrogens is 352 g/mol. The number of nitrogens with one attached hydrogen (secondary N) is 1. The highest BCUT2D eigenvalue weighted by Crippen LogP contribution is 2.27. The number of nitrogens with two attached hydrogens (primary N) is 1. The van der Waals surface area contributed by atoms with Crippen LogP contribution in [-0.4, -0.2) is 35.8 Å². The van der Waals surface area contributed by atoms with E-state index in [2.05, 4.69) is 48.3 Å². The first-order valence-electron chi connectivity index (χ1n) is 9.57. The van der Waals surface area contributed by atoms with Crippen LogP contribution in [0.1, 0.15) is 24.2 Å². The zero-order chi connectivity index (χ0) is 19.8. The molecule has 0 aliphatic carbocycles. The lowest BCUT2D eigenvalue weighted by atomic mass is 10.1. The van der Waals surface area contributed by atoms with E-state index >= 15 is 0 Å². The molecule has 1 aliphatic rings. The normalized spacial score (nSPS) is 19.8. The number of nitrogens with zero attached hydrogens (tertiary/aromatic N) is 2. The average molecular weight is 378 g/mol. The van der Waals surface area contributed by atoms with Crippen LogP contribution in [0.15, 0.2) is 48.7 Å². The predicted octanol–water partition coefficient (Wildman–Crippen LogP) is 3.63. The molecule has 1 aliphatic heterocycles. The second kappa shape index (κ2) is 7.20. The van der Waals surface area contributed by atoms with Crippen molar-refractivity contribution in [2.45, 2.75) is 26.1 Å². The number of amides is 1. The third-order valence-electron chi connectivity index (χ3n) is 5.20. The molecule has 0 saturated carbocycles. The summed E-state index contributed by atoms with van der Waals surface area (Å²) in [6.07, 6.45) is 2.25. The molecule has 2 heterocycles. The molecule has 0 bridgehead atoms. The summed E-state index contributed by atoms with van der Waals surface area (Å²) in [4.78, 5) is 14.0. The highest BCUT2D eigenvalue weighted by atomic mass is 16.5. The topological polar surface area (TPSA) is 72.5 Å². The summed E-state index contributed by atoms with van der Waals surface area (Å²) in [6.45, 7) is 6.04. The number of carbonyl (C=O) groups excluding carboxylic acids is 1. The maximum atomic E-state index is 11.6. The lowest BCUT2D eigenvalue weighted by molar-refractivity contribution is -0.00521. The molecule has 2 aromatic carbocycles. The van der Waals surface area contributed by atoms with Gasteiger partial charge < -0.3 is 25.3 Å². The molecule has 6 heteroatoms. The SMILES string of the molecule is CC1CN(c2ccc(Nc3ccc4c(C(N)=O)cn(C)c4c3)cc2)CC(C)O1. The second-order valence-corrected chi connectivity index (χ2v) is 7.58. The lowest BCUT2D eigenvalue weighted by Gasteiger charge is -2.36. The van der Waals surface area contributed by atoms with Gasteiger partial charge in [-0.05, 0) is 56.3 Å². The summed E-state index contributed by atoms with van der Waals surface area (Å²) < 4.78 is 7.74. The van der Waals surface area contributed by atoms with Gasteiger partial charge in [0.05, 0.1) is 23.3 Å². The zero-order valence-electron chi connectivity index (χ0n) is 16.5. The molecular formula is C22H26N4O2. The standard InChI is InChI=1S/C22H26N4O2/c1-14-11-26(12-15(2)28-14)18-7-4-16(5-8-18)24-17-6-9-19-20(22(23)27)13-25(3)21(19)10-17/h4-10,13-15,24H,11-12H2,1-3H3,(H2,23,27). The van der Waals surface area contributed by atoms with Crippen molar-refractivity contribution >= 4 is 33.9 Å². The van der Waals surface area contributed by atoms with E-state index in [9.17, 15) is 4.79 Å². The Kier molecular flexibility index (Phi) is 4.73. The number of morpholine rings is 1. The average Bonchev–Trinajstić information content (AvgIpc) is 2.98. The fourth-order valence-electron chi connectivity index (χ4n) is 3.97. The van der Waals surface area contributed by atoms with Gasteiger partial charge in [-0.1, -0.05) is 0 Å². The largest absolute Gasteiger partial charge is 0.372 e. The van der Waals surface area contributed by atoms with Crippen LogP contribution in [0.4, 0.5) is 17.1 Å². The fourth-order valence-corrected chi connectivity index (χ4v) is 3.97. The molecule has 2 atom stereocenters. The molecule has 28 heavy (non-hydrogen) atoms. The van der Waals surface area contributed by atoms with Gasteiger partial charge in [0.2, 0.25) is 0 Å². The van der Waals surface area contributed by atoms with Crippen molar-refractivity contribution in [2.75, 3.05) is 23.3 Å². The third kappa shape index (κ3) is 3.55. The quantitative estimate of drug-likeness (QED) is 0.727. The molecule has 4 rings (SSSR count). The monoisotopic (exact) mass is 378 g/mol. The Morgan fingerprint density at radius 2 is 1.71 bits per heavy atom. The predicted molar refractivity (Wildman–Crippen MR) is 113 cm³/mol. The highest BCUT2D eigenvalue weighted by molar-refractivity contribution is 6.06. The van der Waals surface area contributed by atoms with E-state index in [1.165, 1.54) is 5.69 Å². The lowest BCUT2D eigenvalue weighted by Crippen LogP contribution is -2.45. The van der Waals surface area contributed by atoms with Crippen LogP contribution in [0, 0.1) is 0 Å². The first kappa shape index (κ1) is 18.4. The molecule has 146 valence electrons. The number of hydrogen-bond donors (Lipinski definition) is 2. The third-order valence-corrected chi connectivity index (χ3v) is 5.20. The summed E-state index contributed by atoms with van der Waals surface area (Å²) in [7, 11) is 1.91. The maximum Gasteiger partial charge on any atom is 0.250 e. The highest BCUT2D eigenvalue weighted by Gasteiger charge is 2.22. The number of aryl methyl sites for hydroxylation is 1. The van der Waals surface area contributed by atoms with Crippen molar-refractivity contribution in [3.63, 3.8) is 0 Å². The van der Waals surface area contributed by atoms with Gasteiger partial charge in [-0.25, -0.2) is 0 Å². The van der Waals surface area contributed by atoms with Crippen molar-refractivity contribution in [1.29, 1.82) is 0 Å². The Labute approximate surface area is 164 Å². The van der Waals surface area contributed by atoms with Gasteiger partial charge in [-0.3, -0.25) is 4.79 Å². The number of benzene rings is 2. The Morgan fingerprint density at radius 1 is 1.07 bits per heavy atom. The summed E-state index contributed by atoms with van der Waals surface area (Å²) in [6, 6.07) is 14.4. The molecule has 3 aromatic rings. The van der Waals surface area contributed by atoms with Crippen LogP contribution in [0.5, 0.6) is 0 Å². The molecule has 2 unspecified atom stereocenters. The summed E-state index contributed by atoms with van der Waals surface area (Å²) in [5, 5.41) is 4.30. The minimum absolute atomic E-state index is 0.240. The van der Waals surface area contributed by atoms with Crippen LogP contribution < -0.4 is 16.0 Å². The minimum atomic E-state index is -0.409. The number of hydrogen-bond acceptors (Lipinski definition) is 4. The Bertz CT molecular complexity index is 999. The molecule has 0 radical (unpaired) electrons. The van der Waals surface area contributed by atoms with Gasteiger partial charge in [0.25, 0.3) is 5.91 Å². The van der Waals surface area contributed by atoms with Gasteiger partial charge in [0, 0.05) is 48.8 Å².